The molecule has 2 unspecified atom stereocenters. The smallest absolute Gasteiger partial charge is 0.220 e. The normalized spacial score (nSPS) is 13.8. The van der Waals surface area contributed by atoms with E-state index in [4.69, 9.17) is 0 Å². The van der Waals surface area contributed by atoms with Crippen molar-refractivity contribution in [1.82, 2.24) is 5.32 Å². The van der Waals surface area contributed by atoms with Gasteiger partial charge in [0.15, 0.2) is 0 Å². The van der Waals surface area contributed by atoms with Gasteiger partial charge in [-0.2, -0.15) is 0 Å². The largest absolute Gasteiger partial charge is 0.394 e. The van der Waals surface area contributed by atoms with Gasteiger partial charge in [0.05, 0.1) is 18.8 Å². The lowest BCUT2D eigenvalue weighted by Gasteiger charge is -2.19. The summed E-state index contributed by atoms with van der Waals surface area (Å²) >= 11 is 0. The highest BCUT2D eigenvalue weighted by Gasteiger charge is 2.17. The van der Waals surface area contributed by atoms with Gasteiger partial charge in [0.2, 0.25) is 5.91 Å². The van der Waals surface area contributed by atoms with Gasteiger partial charge in [-0.15, -0.1) is 0 Å². The first-order valence-electron chi connectivity index (χ1n) is 13.1. The summed E-state index contributed by atoms with van der Waals surface area (Å²) in [5.41, 5.74) is 0. The molecule has 0 aromatic carbocycles. The fourth-order valence-corrected chi connectivity index (χ4v) is 3.60. The minimum absolute atomic E-state index is 0.0829. The summed E-state index contributed by atoms with van der Waals surface area (Å²) in [6.45, 7) is 4.20. The van der Waals surface area contributed by atoms with Crippen molar-refractivity contribution in [3.8, 4) is 0 Å². The molecule has 31 heavy (non-hydrogen) atoms. The molecule has 0 rings (SSSR count). The average Bonchev–Trinajstić information content (AvgIpc) is 2.77. The predicted molar refractivity (Wildman–Crippen MR) is 133 cm³/mol. The van der Waals surface area contributed by atoms with Crippen LogP contribution in [-0.2, 0) is 4.79 Å². The van der Waals surface area contributed by atoms with Gasteiger partial charge in [-0.05, 0) is 32.1 Å². The molecule has 0 saturated carbocycles. The second-order valence-corrected chi connectivity index (χ2v) is 8.75. The quantitative estimate of drug-likeness (QED) is 0.132. The van der Waals surface area contributed by atoms with Crippen molar-refractivity contribution in [2.24, 2.45) is 0 Å². The second-order valence-electron chi connectivity index (χ2n) is 8.75. The summed E-state index contributed by atoms with van der Waals surface area (Å²) in [6, 6.07) is -0.628. The molecule has 1 amide bonds. The van der Waals surface area contributed by atoms with Crippen molar-refractivity contribution in [3.63, 3.8) is 0 Å². The summed E-state index contributed by atoms with van der Waals surface area (Å²) in [5.74, 6) is -0.0829. The van der Waals surface area contributed by atoms with E-state index in [1.807, 2.05) is 6.08 Å². The Morgan fingerprint density at radius 2 is 1.26 bits per heavy atom. The average molecular weight is 438 g/mol. The molecule has 3 N–H and O–H groups in total. The standard InChI is InChI=1S/C27H51NO3/c1-3-5-7-9-11-13-15-16-18-20-22-26(30)25(24-29)28-27(31)23-21-19-17-14-12-10-8-6-4-2/h13,15,20,22,25-26,29-30H,3-12,14,16-19,21,23-24H2,1-2H3,(H,28,31)/b15-13+,22-20+. The Kier molecular flexibility index (Phi) is 22.7. The number of aliphatic hydroxyl groups is 2. The number of allylic oxidation sites excluding steroid dienone is 3. The number of carbonyl (C=O) groups excluding carboxylic acids is 1. The first-order chi connectivity index (χ1) is 15.2. The van der Waals surface area contributed by atoms with Gasteiger partial charge in [0.25, 0.3) is 0 Å². The molecule has 182 valence electrons. The zero-order valence-corrected chi connectivity index (χ0v) is 20.5. The topological polar surface area (TPSA) is 69.6 Å². The Bertz CT molecular complexity index is 448. The van der Waals surface area contributed by atoms with E-state index < -0.39 is 12.1 Å². The van der Waals surface area contributed by atoms with Crippen LogP contribution in [-0.4, -0.2) is 34.9 Å². The number of nitrogens with one attached hydrogen (secondary N) is 1. The Hall–Kier alpha value is -1.13. The Balaban J connectivity index is 3.82. The van der Waals surface area contributed by atoms with Crippen LogP contribution in [0.25, 0.3) is 0 Å². The van der Waals surface area contributed by atoms with Gasteiger partial charge >= 0.3 is 0 Å². The highest BCUT2D eigenvalue weighted by atomic mass is 16.3. The van der Waals surface area contributed by atoms with Crippen molar-refractivity contribution in [2.45, 2.75) is 135 Å². The molecule has 0 heterocycles. The maximum absolute atomic E-state index is 12.1. The number of amides is 1. The summed E-state index contributed by atoms with van der Waals surface area (Å²) in [4.78, 5) is 12.1. The van der Waals surface area contributed by atoms with E-state index in [0.717, 1.165) is 32.1 Å². The monoisotopic (exact) mass is 437 g/mol. The number of hydrogen-bond acceptors (Lipinski definition) is 3. The van der Waals surface area contributed by atoms with Crippen molar-refractivity contribution < 1.29 is 15.0 Å². The molecule has 0 aromatic heterocycles. The van der Waals surface area contributed by atoms with E-state index in [9.17, 15) is 15.0 Å². The van der Waals surface area contributed by atoms with Crippen LogP contribution in [0.2, 0.25) is 0 Å². The van der Waals surface area contributed by atoms with E-state index in [1.54, 1.807) is 6.08 Å². The third-order valence-corrected chi connectivity index (χ3v) is 5.69. The SMILES string of the molecule is CCCCCC/C=C/CC/C=C/C(O)C(CO)NC(=O)CCCCCCCCCCC. The van der Waals surface area contributed by atoms with Crippen LogP contribution in [0.3, 0.4) is 0 Å². The first kappa shape index (κ1) is 29.9. The van der Waals surface area contributed by atoms with Crippen molar-refractivity contribution in [3.05, 3.63) is 24.3 Å². The molecule has 2 atom stereocenters. The molecule has 0 aliphatic heterocycles. The molecular formula is C27H51NO3. The Labute approximate surface area is 192 Å². The van der Waals surface area contributed by atoms with Crippen LogP contribution in [0, 0.1) is 0 Å². The molecule has 0 bridgehead atoms. The summed E-state index contributed by atoms with van der Waals surface area (Å²) in [6.07, 6.45) is 26.7. The van der Waals surface area contributed by atoms with Crippen molar-refractivity contribution >= 4 is 5.91 Å². The van der Waals surface area contributed by atoms with Gasteiger partial charge in [-0.25, -0.2) is 0 Å². The van der Waals surface area contributed by atoms with E-state index in [-0.39, 0.29) is 12.5 Å². The van der Waals surface area contributed by atoms with Crippen LogP contribution in [0.5, 0.6) is 0 Å². The molecular weight excluding hydrogens is 386 g/mol. The van der Waals surface area contributed by atoms with Crippen LogP contribution in [0.4, 0.5) is 0 Å². The summed E-state index contributed by atoms with van der Waals surface area (Å²) < 4.78 is 0. The fourth-order valence-electron chi connectivity index (χ4n) is 3.60. The minimum Gasteiger partial charge on any atom is -0.394 e. The zero-order valence-electron chi connectivity index (χ0n) is 20.5. The number of unbranched alkanes of at least 4 members (excludes halogenated alkanes) is 13. The van der Waals surface area contributed by atoms with Gasteiger partial charge < -0.3 is 15.5 Å². The van der Waals surface area contributed by atoms with Crippen LogP contribution >= 0.6 is 0 Å². The number of hydrogen-bond donors (Lipinski definition) is 3. The summed E-state index contributed by atoms with van der Waals surface area (Å²) in [7, 11) is 0. The van der Waals surface area contributed by atoms with Gasteiger partial charge in [-0.1, -0.05) is 109 Å². The lowest BCUT2D eigenvalue weighted by atomic mass is 10.1. The van der Waals surface area contributed by atoms with E-state index in [1.165, 1.54) is 70.6 Å². The van der Waals surface area contributed by atoms with E-state index >= 15 is 0 Å². The highest BCUT2D eigenvalue weighted by Crippen LogP contribution is 2.11. The predicted octanol–water partition coefficient (Wildman–Crippen LogP) is 6.61. The lowest BCUT2D eigenvalue weighted by Crippen LogP contribution is -2.45. The molecule has 4 heteroatoms. The molecule has 0 radical (unpaired) electrons. The van der Waals surface area contributed by atoms with E-state index in [2.05, 4.69) is 31.3 Å². The lowest BCUT2D eigenvalue weighted by molar-refractivity contribution is -0.123. The van der Waals surface area contributed by atoms with Crippen molar-refractivity contribution in [1.29, 1.82) is 0 Å². The van der Waals surface area contributed by atoms with Gasteiger partial charge in [0, 0.05) is 6.42 Å². The maximum atomic E-state index is 12.1. The highest BCUT2D eigenvalue weighted by molar-refractivity contribution is 5.76. The van der Waals surface area contributed by atoms with Crippen LogP contribution < -0.4 is 5.32 Å². The van der Waals surface area contributed by atoms with Gasteiger partial charge in [-0.3, -0.25) is 4.79 Å². The van der Waals surface area contributed by atoms with Gasteiger partial charge in [0.1, 0.15) is 0 Å². The van der Waals surface area contributed by atoms with E-state index in [0.29, 0.717) is 6.42 Å². The van der Waals surface area contributed by atoms with Crippen LogP contribution in [0.1, 0.15) is 123 Å². The zero-order chi connectivity index (χ0) is 23.0. The minimum atomic E-state index is -0.852. The molecule has 0 aliphatic carbocycles. The fraction of sp³-hybridized carbons (Fsp3) is 0.815. The van der Waals surface area contributed by atoms with Crippen LogP contribution in [0.15, 0.2) is 24.3 Å². The number of rotatable bonds is 22. The molecule has 0 spiro atoms. The Morgan fingerprint density at radius 1 is 0.742 bits per heavy atom. The third kappa shape index (κ3) is 20.5. The molecule has 0 aliphatic rings. The molecule has 0 saturated heterocycles. The first-order valence-corrected chi connectivity index (χ1v) is 13.1. The van der Waals surface area contributed by atoms with Crippen molar-refractivity contribution in [2.75, 3.05) is 6.61 Å². The maximum Gasteiger partial charge on any atom is 0.220 e. The Morgan fingerprint density at radius 3 is 1.87 bits per heavy atom. The number of carbonyl (C=O) groups is 1. The second kappa shape index (κ2) is 23.5. The third-order valence-electron chi connectivity index (χ3n) is 5.69. The summed E-state index contributed by atoms with van der Waals surface area (Å²) in [5, 5.41) is 22.5. The molecule has 0 aromatic rings. The molecule has 4 nitrogen and oxygen atoms in total. The number of aliphatic hydroxyl groups excluding tert-OH is 2. The molecule has 0 fully saturated rings.